The van der Waals surface area contributed by atoms with Gasteiger partial charge in [-0.25, -0.2) is 0 Å². The molecule has 1 unspecified atom stereocenters. The molecule has 0 aromatic rings. The van der Waals surface area contributed by atoms with Gasteiger partial charge in [0.2, 0.25) is 0 Å². The average molecular weight is 206 g/mol. The summed E-state index contributed by atoms with van der Waals surface area (Å²) in [5.74, 6) is 0.798. The predicted octanol–water partition coefficient (Wildman–Crippen LogP) is 5.12. The van der Waals surface area contributed by atoms with Crippen molar-refractivity contribution in [2.24, 2.45) is 11.3 Å². The third-order valence-electron chi connectivity index (χ3n) is 3.59. The van der Waals surface area contributed by atoms with Crippen LogP contribution >= 0.6 is 0 Å². The minimum atomic E-state index is 0.468. The normalized spacial score (nSPS) is 19.4. The molecule has 15 heavy (non-hydrogen) atoms. The van der Waals surface area contributed by atoms with E-state index in [9.17, 15) is 0 Å². The highest BCUT2D eigenvalue weighted by molar-refractivity contribution is 5.32. The zero-order valence-corrected chi connectivity index (χ0v) is 10.8. The fraction of sp³-hybridized carbons (Fsp3) is 0.733. The maximum absolute atomic E-state index is 2.43. The Kier molecular flexibility index (Phi) is 4.63. The molecule has 0 radical (unpaired) electrons. The van der Waals surface area contributed by atoms with E-state index in [4.69, 9.17) is 0 Å². The highest BCUT2D eigenvalue weighted by Crippen LogP contribution is 2.44. The molecule has 0 heteroatoms. The maximum atomic E-state index is 2.43. The summed E-state index contributed by atoms with van der Waals surface area (Å²) in [7, 11) is 0. The molecule has 1 aliphatic carbocycles. The van der Waals surface area contributed by atoms with Gasteiger partial charge in [0.15, 0.2) is 0 Å². The van der Waals surface area contributed by atoms with Crippen molar-refractivity contribution in [2.45, 2.75) is 59.8 Å². The van der Waals surface area contributed by atoms with Gasteiger partial charge in [-0.05, 0) is 42.6 Å². The summed E-state index contributed by atoms with van der Waals surface area (Å²) in [5, 5.41) is 0. The SMILES string of the molecule is CCCC(CC)(CC(C)C)C1=CCC=C1. The van der Waals surface area contributed by atoms with E-state index < -0.39 is 0 Å². The lowest BCUT2D eigenvalue weighted by molar-refractivity contribution is 0.254. The molecule has 0 saturated heterocycles. The van der Waals surface area contributed by atoms with Crippen LogP contribution in [0.25, 0.3) is 0 Å². The maximum Gasteiger partial charge on any atom is -0.00504 e. The summed E-state index contributed by atoms with van der Waals surface area (Å²) in [5.41, 5.74) is 2.08. The molecule has 0 aromatic heterocycles. The topological polar surface area (TPSA) is 0 Å². The van der Waals surface area contributed by atoms with Crippen LogP contribution in [-0.4, -0.2) is 0 Å². The first-order valence-electron chi connectivity index (χ1n) is 6.52. The van der Waals surface area contributed by atoms with E-state index in [1.54, 1.807) is 5.57 Å². The van der Waals surface area contributed by atoms with Crippen LogP contribution in [0.4, 0.5) is 0 Å². The van der Waals surface area contributed by atoms with Crippen molar-refractivity contribution >= 4 is 0 Å². The molecule has 86 valence electrons. The lowest BCUT2D eigenvalue weighted by Crippen LogP contribution is -2.23. The zero-order chi connectivity index (χ0) is 11.3. The van der Waals surface area contributed by atoms with Crippen molar-refractivity contribution in [1.29, 1.82) is 0 Å². The third kappa shape index (κ3) is 2.96. The molecule has 0 aliphatic heterocycles. The van der Waals surface area contributed by atoms with Gasteiger partial charge in [0.25, 0.3) is 0 Å². The highest BCUT2D eigenvalue weighted by atomic mass is 14.4. The van der Waals surface area contributed by atoms with E-state index in [1.165, 1.54) is 25.7 Å². The lowest BCUT2D eigenvalue weighted by Gasteiger charge is -2.35. The summed E-state index contributed by atoms with van der Waals surface area (Å²) in [6.07, 6.45) is 13.5. The van der Waals surface area contributed by atoms with E-state index in [-0.39, 0.29) is 0 Å². The van der Waals surface area contributed by atoms with Gasteiger partial charge < -0.3 is 0 Å². The quantitative estimate of drug-likeness (QED) is 0.566. The Labute approximate surface area is 95.5 Å². The minimum absolute atomic E-state index is 0.468. The van der Waals surface area contributed by atoms with Crippen molar-refractivity contribution in [3.05, 3.63) is 23.8 Å². The van der Waals surface area contributed by atoms with Gasteiger partial charge in [-0.2, -0.15) is 0 Å². The summed E-state index contributed by atoms with van der Waals surface area (Å²) in [6.45, 7) is 9.35. The van der Waals surface area contributed by atoms with Crippen LogP contribution < -0.4 is 0 Å². The molecule has 0 bridgehead atoms. The largest absolute Gasteiger partial charge is 0.0804 e. The van der Waals surface area contributed by atoms with Gasteiger partial charge in [0, 0.05) is 0 Å². The average Bonchev–Trinajstić information content (AvgIpc) is 2.69. The van der Waals surface area contributed by atoms with Gasteiger partial charge in [-0.15, -0.1) is 0 Å². The van der Waals surface area contributed by atoms with Crippen LogP contribution in [0.2, 0.25) is 0 Å². The minimum Gasteiger partial charge on any atom is -0.0804 e. The molecule has 1 aliphatic rings. The Morgan fingerprint density at radius 2 is 2.07 bits per heavy atom. The summed E-state index contributed by atoms with van der Waals surface area (Å²) < 4.78 is 0. The highest BCUT2D eigenvalue weighted by Gasteiger charge is 2.31. The van der Waals surface area contributed by atoms with E-state index in [2.05, 4.69) is 45.9 Å². The molecule has 0 fully saturated rings. The molecular formula is C15H26. The van der Waals surface area contributed by atoms with Crippen molar-refractivity contribution in [3.63, 3.8) is 0 Å². The summed E-state index contributed by atoms with van der Waals surface area (Å²) in [6, 6.07) is 0. The van der Waals surface area contributed by atoms with Gasteiger partial charge in [0.1, 0.15) is 0 Å². The molecular weight excluding hydrogens is 180 g/mol. The second kappa shape index (κ2) is 5.53. The Balaban J connectivity index is 2.86. The second-order valence-electron chi connectivity index (χ2n) is 5.28. The first-order chi connectivity index (χ1) is 7.14. The number of hydrogen-bond acceptors (Lipinski definition) is 0. The summed E-state index contributed by atoms with van der Waals surface area (Å²) >= 11 is 0. The molecule has 0 saturated carbocycles. The Bertz CT molecular complexity index is 245. The molecule has 1 atom stereocenters. The van der Waals surface area contributed by atoms with Gasteiger partial charge >= 0.3 is 0 Å². The second-order valence-corrected chi connectivity index (χ2v) is 5.28. The first kappa shape index (κ1) is 12.5. The van der Waals surface area contributed by atoms with Crippen LogP contribution in [0.3, 0.4) is 0 Å². The van der Waals surface area contributed by atoms with Gasteiger partial charge in [-0.1, -0.05) is 52.3 Å². The van der Waals surface area contributed by atoms with Gasteiger partial charge in [-0.3, -0.25) is 0 Å². The Morgan fingerprint density at radius 3 is 2.47 bits per heavy atom. The van der Waals surface area contributed by atoms with Crippen LogP contribution in [0.1, 0.15) is 59.8 Å². The van der Waals surface area contributed by atoms with Crippen LogP contribution in [0.15, 0.2) is 23.8 Å². The predicted molar refractivity (Wildman–Crippen MR) is 68.9 cm³/mol. The monoisotopic (exact) mass is 206 g/mol. The van der Waals surface area contributed by atoms with Gasteiger partial charge in [0.05, 0.1) is 0 Å². The van der Waals surface area contributed by atoms with Crippen LogP contribution in [0, 0.1) is 11.3 Å². The molecule has 1 rings (SSSR count). The third-order valence-corrected chi connectivity index (χ3v) is 3.59. The molecule has 0 heterocycles. The first-order valence-corrected chi connectivity index (χ1v) is 6.52. The van der Waals surface area contributed by atoms with Crippen molar-refractivity contribution in [1.82, 2.24) is 0 Å². The fourth-order valence-electron chi connectivity index (χ4n) is 3.00. The van der Waals surface area contributed by atoms with Crippen molar-refractivity contribution < 1.29 is 0 Å². The lowest BCUT2D eigenvalue weighted by atomic mass is 9.69. The number of rotatable bonds is 6. The molecule has 0 nitrogen and oxygen atoms in total. The Morgan fingerprint density at radius 1 is 1.33 bits per heavy atom. The standard InChI is InChI=1S/C15H26/c1-5-11-15(6-2,12-13(3)4)14-9-7-8-10-14/h7,9-10,13H,5-6,8,11-12H2,1-4H3. The molecule has 0 amide bonds. The molecule has 0 N–H and O–H groups in total. The summed E-state index contributed by atoms with van der Waals surface area (Å²) in [4.78, 5) is 0. The molecule has 0 spiro atoms. The molecule has 0 aromatic carbocycles. The van der Waals surface area contributed by atoms with E-state index in [0.717, 1.165) is 12.3 Å². The van der Waals surface area contributed by atoms with E-state index in [1.807, 2.05) is 0 Å². The van der Waals surface area contributed by atoms with E-state index in [0.29, 0.717) is 5.41 Å². The number of allylic oxidation sites excluding steroid dienone is 4. The zero-order valence-electron chi connectivity index (χ0n) is 10.8. The number of hydrogen-bond donors (Lipinski definition) is 0. The van der Waals surface area contributed by atoms with Crippen LogP contribution in [-0.2, 0) is 0 Å². The Hall–Kier alpha value is -0.520. The van der Waals surface area contributed by atoms with Crippen molar-refractivity contribution in [2.75, 3.05) is 0 Å². The smallest absolute Gasteiger partial charge is 0.00504 e. The van der Waals surface area contributed by atoms with Crippen LogP contribution in [0.5, 0.6) is 0 Å². The van der Waals surface area contributed by atoms with E-state index >= 15 is 0 Å². The van der Waals surface area contributed by atoms with Crippen molar-refractivity contribution in [3.8, 4) is 0 Å². The fourth-order valence-corrected chi connectivity index (χ4v) is 3.00.